The van der Waals surface area contributed by atoms with Gasteiger partial charge in [0.05, 0.1) is 35.0 Å². The minimum atomic E-state index is 0.132. The number of ether oxygens (including phenoxy) is 5. The van der Waals surface area contributed by atoms with Crippen molar-refractivity contribution in [2.75, 3.05) is 81.4 Å². The largest absolute Gasteiger partial charge is 0.493 e. The highest BCUT2D eigenvalue weighted by atomic mass is 16.5. The lowest BCUT2D eigenvalue weighted by molar-refractivity contribution is 0.117. The molecule has 0 aromatic heterocycles. The maximum atomic E-state index is 5.88. The van der Waals surface area contributed by atoms with Crippen LogP contribution >= 0.6 is 0 Å². The van der Waals surface area contributed by atoms with E-state index in [1.165, 1.54) is 22.3 Å². The monoisotopic (exact) mass is 586 g/mol. The van der Waals surface area contributed by atoms with Crippen LogP contribution in [0.25, 0.3) is 6.08 Å². The van der Waals surface area contributed by atoms with Gasteiger partial charge in [-0.25, -0.2) is 0 Å². The smallest absolute Gasteiger partial charge is 0.161 e. The first-order chi connectivity index (χ1) is 21.1. The van der Waals surface area contributed by atoms with Crippen molar-refractivity contribution in [3.63, 3.8) is 0 Å². The molecule has 0 saturated carbocycles. The van der Waals surface area contributed by atoms with Crippen LogP contribution in [-0.4, -0.2) is 91.2 Å². The number of rotatable bonds is 13. The highest BCUT2D eigenvalue weighted by Crippen LogP contribution is 2.54. The van der Waals surface area contributed by atoms with Crippen molar-refractivity contribution in [1.82, 2.24) is 9.80 Å². The summed E-state index contributed by atoms with van der Waals surface area (Å²) in [5.41, 5.74) is 5.04. The predicted molar refractivity (Wildman–Crippen MR) is 172 cm³/mol. The molecular formula is C36H46N2O5. The van der Waals surface area contributed by atoms with Crippen molar-refractivity contribution in [2.24, 2.45) is 5.92 Å². The number of piperazine rings is 1. The van der Waals surface area contributed by atoms with E-state index >= 15 is 0 Å². The summed E-state index contributed by atoms with van der Waals surface area (Å²) in [6.45, 7) is 7.03. The van der Waals surface area contributed by atoms with E-state index in [1.54, 1.807) is 35.5 Å². The Morgan fingerprint density at radius 3 is 1.98 bits per heavy atom. The second-order valence-electron chi connectivity index (χ2n) is 11.4. The van der Waals surface area contributed by atoms with Crippen LogP contribution in [0, 0.1) is 5.92 Å². The molecule has 0 bridgehead atoms. The molecule has 3 aromatic carbocycles. The fraction of sp³-hybridized carbons (Fsp3) is 0.444. The van der Waals surface area contributed by atoms with Gasteiger partial charge >= 0.3 is 0 Å². The average molecular weight is 587 g/mol. The minimum absolute atomic E-state index is 0.132. The molecular weight excluding hydrogens is 540 g/mol. The number of methoxy groups -OCH3 is 5. The first-order valence-electron chi connectivity index (χ1n) is 15.2. The number of nitrogens with zero attached hydrogens (tertiary/aromatic N) is 2. The zero-order valence-corrected chi connectivity index (χ0v) is 26.3. The zero-order valence-electron chi connectivity index (χ0n) is 26.3. The highest BCUT2D eigenvalue weighted by Gasteiger charge is 2.42. The Balaban J connectivity index is 1.33. The fourth-order valence-electron chi connectivity index (χ4n) is 6.86. The highest BCUT2D eigenvalue weighted by molar-refractivity contribution is 5.57. The molecule has 1 fully saturated rings. The quantitative estimate of drug-likeness (QED) is 0.246. The van der Waals surface area contributed by atoms with Crippen molar-refractivity contribution in [2.45, 2.75) is 18.3 Å². The van der Waals surface area contributed by atoms with Gasteiger partial charge < -0.3 is 28.6 Å². The van der Waals surface area contributed by atoms with Gasteiger partial charge in [-0.05, 0) is 65.4 Å². The molecule has 7 nitrogen and oxygen atoms in total. The summed E-state index contributed by atoms with van der Waals surface area (Å²) in [5.74, 6) is 3.70. The van der Waals surface area contributed by atoms with Gasteiger partial charge in [0.25, 0.3) is 0 Å². The summed E-state index contributed by atoms with van der Waals surface area (Å²) in [6.07, 6.45) is 5.55. The number of fused-ring (bicyclic) bond motifs is 1. The van der Waals surface area contributed by atoms with E-state index in [4.69, 9.17) is 23.7 Å². The van der Waals surface area contributed by atoms with Crippen molar-refractivity contribution in [3.8, 4) is 23.0 Å². The lowest BCUT2D eigenvalue weighted by Gasteiger charge is -2.35. The number of hydrogen-bond donors (Lipinski definition) is 0. The Morgan fingerprint density at radius 2 is 1.33 bits per heavy atom. The van der Waals surface area contributed by atoms with Crippen LogP contribution in [0.2, 0.25) is 0 Å². The summed E-state index contributed by atoms with van der Waals surface area (Å²) < 4.78 is 28.6. The topological polar surface area (TPSA) is 52.6 Å². The summed E-state index contributed by atoms with van der Waals surface area (Å²) in [4.78, 5) is 5.16. The van der Waals surface area contributed by atoms with Crippen LogP contribution in [0.5, 0.6) is 23.0 Å². The molecule has 5 rings (SSSR count). The molecule has 230 valence electrons. The molecule has 1 heterocycles. The van der Waals surface area contributed by atoms with Crippen molar-refractivity contribution in [3.05, 3.63) is 89.0 Å². The molecule has 1 saturated heterocycles. The van der Waals surface area contributed by atoms with E-state index in [9.17, 15) is 0 Å². The summed E-state index contributed by atoms with van der Waals surface area (Å²) >= 11 is 0. The van der Waals surface area contributed by atoms with E-state index in [0.29, 0.717) is 12.5 Å². The third-order valence-electron chi connectivity index (χ3n) is 9.09. The van der Waals surface area contributed by atoms with E-state index in [1.807, 2.05) is 6.07 Å². The average Bonchev–Trinajstić information content (AvgIpc) is 3.35. The Hall–Kier alpha value is -3.52. The van der Waals surface area contributed by atoms with E-state index in [-0.39, 0.29) is 11.8 Å². The minimum Gasteiger partial charge on any atom is -0.493 e. The first kappa shape index (κ1) is 30.9. The standard InChI is InChI=1S/C36H46N2O5/c1-39-25-31-28(15-17-38-20-18-37(19-21-38)16-9-12-26-10-7-6-8-11-26)29-23-34(42-4)35(43-5)24-30(29)36(31)27-13-14-32(40-2)33(22-27)41-3/h6-14,22-24,28,31,36H,15-21,25H2,1-5H3/b12-9+. The molecule has 3 atom stereocenters. The van der Waals surface area contributed by atoms with Gasteiger partial charge in [0.1, 0.15) is 0 Å². The van der Waals surface area contributed by atoms with Crippen LogP contribution in [0.4, 0.5) is 0 Å². The van der Waals surface area contributed by atoms with E-state index in [0.717, 1.165) is 68.7 Å². The first-order valence-corrected chi connectivity index (χ1v) is 15.2. The lowest BCUT2D eigenvalue weighted by atomic mass is 9.81. The second-order valence-corrected chi connectivity index (χ2v) is 11.4. The molecule has 0 radical (unpaired) electrons. The third-order valence-corrected chi connectivity index (χ3v) is 9.09. The van der Waals surface area contributed by atoms with Gasteiger partial charge in [0, 0.05) is 51.7 Å². The van der Waals surface area contributed by atoms with Gasteiger partial charge in [0.15, 0.2) is 23.0 Å². The Kier molecular flexibility index (Phi) is 10.6. The molecule has 1 aliphatic carbocycles. The van der Waals surface area contributed by atoms with Crippen LogP contribution in [-0.2, 0) is 4.74 Å². The van der Waals surface area contributed by atoms with Gasteiger partial charge in [-0.3, -0.25) is 4.90 Å². The Morgan fingerprint density at radius 1 is 0.698 bits per heavy atom. The zero-order chi connectivity index (χ0) is 30.2. The maximum absolute atomic E-state index is 5.88. The van der Waals surface area contributed by atoms with E-state index in [2.05, 4.69) is 76.5 Å². The van der Waals surface area contributed by atoms with Crippen LogP contribution in [0.3, 0.4) is 0 Å². The van der Waals surface area contributed by atoms with Crippen molar-refractivity contribution < 1.29 is 23.7 Å². The lowest BCUT2D eigenvalue weighted by Crippen LogP contribution is -2.46. The van der Waals surface area contributed by atoms with Gasteiger partial charge in [-0.2, -0.15) is 0 Å². The molecule has 7 heteroatoms. The van der Waals surface area contributed by atoms with Crippen molar-refractivity contribution in [1.29, 1.82) is 0 Å². The van der Waals surface area contributed by atoms with Crippen molar-refractivity contribution >= 4 is 6.08 Å². The third kappa shape index (κ3) is 7.01. The van der Waals surface area contributed by atoms with Gasteiger partial charge in [-0.15, -0.1) is 0 Å². The predicted octanol–water partition coefficient (Wildman–Crippen LogP) is 5.93. The normalized spacial score (nSPS) is 20.7. The number of benzene rings is 3. The molecule has 0 N–H and O–H groups in total. The van der Waals surface area contributed by atoms with Crippen LogP contribution in [0.1, 0.15) is 40.5 Å². The maximum Gasteiger partial charge on any atom is 0.161 e. The van der Waals surface area contributed by atoms with Crippen LogP contribution in [0.15, 0.2) is 66.7 Å². The van der Waals surface area contributed by atoms with Gasteiger partial charge in [0.2, 0.25) is 0 Å². The van der Waals surface area contributed by atoms with Gasteiger partial charge in [-0.1, -0.05) is 48.6 Å². The molecule has 1 aliphatic heterocycles. The summed E-state index contributed by atoms with van der Waals surface area (Å²) in [5, 5.41) is 0. The summed E-state index contributed by atoms with van der Waals surface area (Å²) in [6, 6.07) is 21.1. The van der Waals surface area contributed by atoms with Crippen LogP contribution < -0.4 is 18.9 Å². The summed E-state index contributed by atoms with van der Waals surface area (Å²) in [7, 11) is 8.57. The Labute approximate surface area is 257 Å². The fourth-order valence-corrected chi connectivity index (χ4v) is 6.86. The number of hydrogen-bond acceptors (Lipinski definition) is 7. The molecule has 0 spiro atoms. The molecule has 3 unspecified atom stereocenters. The molecule has 2 aliphatic rings. The Bertz CT molecular complexity index is 1350. The molecule has 0 amide bonds. The SMILES string of the molecule is COCC1C(CCN2CCN(C/C=C/c3ccccc3)CC2)c2cc(OC)c(OC)cc2C1c1ccc(OC)c(OC)c1. The van der Waals surface area contributed by atoms with E-state index < -0.39 is 0 Å². The molecule has 3 aromatic rings. The molecule has 43 heavy (non-hydrogen) atoms. The second kappa shape index (κ2) is 14.8.